The molecule has 1 N–H and O–H groups in total. The van der Waals surface area contributed by atoms with Crippen molar-refractivity contribution in [1.29, 1.82) is 0 Å². The van der Waals surface area contributed by atoms with Crippen molar-refractivity contribution < 1.29 is 19.4 Å². The van der Waals surface area contributed by atoms with Crippen LogP contribution >= 0.6 is 0 Å². The number of ether oxygens (including phenoxy) is 2. The molecule has 94 valence electrons. The molecule has 1 aliphatic rings. The zero-order valence-corrected chi connectivity index (χ0v) is 9.98. The molecule has 0 heterocycles. The summed E-state index contributed by atoms with van der Waals surface area (Å²) >= 11 is 0. The monoisotopic (exact) mass is 230 g/mol. The maximum atomic E-state index is 11.3. The van der Waals surface area contributed by atoms with Gasteiger partial charge in [-0.05, 0) is 38.5 Å². The summed E-state index contributed by atoms with van der Waals surface area (Å²) in [6.07, 6.45) is 5.64. The minimum Gasteiger partial charge on any atom is -0.469 e. The number of hydrogen-bond acceptors (Lipinski definition) is 4. The summed E-state index contributed by atoms with van der Waals surface area (Å²) in [4.78, 5) is 11.3. The standard InChI is InChI=1S/C12H22O4/c1-15-12(14)10-4-6-11(7-5-10)16-9-3-2-8-13/h10-11,13H,2-9H2,1H3. The van der Waals surface area contributed by atoms with E-state index in [1.807, 2.05) is 0 Å². The molecule has 0 aliphatic heterocycles. The van der Waals surface area contributed by atoms with Crippen LogP contribution in [0.25, 0.3) is 0 Å². The van der Waals surface area contributed by atoms with Crippen LogP contribution in [0.3, 0.4) is 0 Å². The predicted octanol–water partition coefficient (Wildman–Crippen LogP) is 1.51. The molecule has 4 heteroatoms. The van der Waals surface area contributed by atoms with E-state index in [-0.39, 0.29) is 18.5 Å². The summed E-state index contributed by atoms with van der Waals surface area (Å²) in [7, 11) is 1.44. The van der Waals surface area contributed by atoms with Gasteiger partial charge >= 0.3 is 5.97 Å². The summed E-state index contributed by atoms with van der Waals surface area (Å²) in [5.74, 6) is -0.0129. The van der Waals surface area contributed by atoms with Crippen LogP contribution in [0.5, 0.6) is 0 Å². The van der Waals surface area contributed by atoms with E-state index in [9.17, 15) is 4.79 Å². The number of esters is 1. The molecule has 16 heavy (non-hydrogen) atoms. The van der Waals surface area contributed by atoms with E-state index in [2.05, 4.69) is 0 Å². The first-order valence-corrected chi connectivity index (χ1v) is 6.08. The smallest absolute Gasteiger partial charge is 0.308 e. The van der Waals surface area contributed by atoms with Crippen LogP contribution < -0.4 is 0 Å². The van der Waals surface area contributed by atoms with Crippen molar-refractivity contribution in [2.24, 2.45) is 5.92 Å². The fourth-order valence-corrected chi connectivity index (χ4v) is 2.10. The van der Waals surface area contributed by atoms with Crippen molar-refractivity contribution in [3.8, 4) is 0 Å². The quantitative estimate of drug-likeness (QED) is 0.555. The Hall–Kier alpha value is -0.610. The van der Waals surface area contributed by atoms with Crippen LogP contribution in [0.1, 0.15) is 38.5 Å². The Bertz CT molecular complexity index is 197. The normalized spacial score (nSPS) is 25.4. The second-order valence-corrected chi connectivity index (χ2v) is 4.30. The number of aliphatic hydroxyl groups is 1. The van der Waals surface area contributed by atoms with Crippen LogP contribution in [0, 0.1) is 5.92 Å². The summed E-state index contributed by atoms with van der Waals surface area (Å²) in [6.45, 7) is 0.951. The number of hydrogen-bond donors (Lipinski definition) is 1. The number of carbonyl (C=O) groups is 1. The average molecular weight is 230 g/mol. The molecule has 0 bridgehead atoms. The van der Waals surface area contributed by atoms with Crippen LogP contribution in [0.2, 0.25) is 0 Å². The number of unbranched alkanes of at least 4 members (excludes halogenated alkanes) is 1. The molecule has 1 rings (SSSR count). The third kappa shape index (κ3) is 4.49. The van der Waals surface area contributed by atoms with Gasteiger partial charge in [-0.2, -0.15) is 0 Å². The maximum Gasteiger partial charge on any atom is 0.308 e. The average Bonchev–Trinajstić information content (AvgIpc) is 2.34. The summed E-state index contributed by atoms with van der Waals surface area (Å²) in [5.41, 5.74) is 0. The number of carbonyl (C=O) groups excluding carboxylic acids is 1. The van der Waals surface area contributed by atoms with Crippen molar-refractivity contribution >= 4 is 5.97 Å². The Labute approximate surface area is 96.9 Å². The van der Waals surface area contributed by atoms with Gasteiger partial charge in [0.25, 0.3) is 0 Å². The van der Waals surface area contributed by atoms with Crippen molar-refractivity contribution in [2.45, 2.75) is 44.6 Å². The zero-order chi connectivity index (χ0) is 11.8. The fraction of sp³-hybridized carbons (Fsp3) is 0.917. The lowest BCUT2D eigenvalue weighted by atomic mass is 9.87. The summed E-state index contributed by atoms with van der Waals surface area (Å²) < 4.78 is 10.4. The van der Waals surface area contributed by atoms with Crippen molar-refractivity contribution in [3.05, 3.63) is 0 Å². The van der Waals surface area contributed by atoms with Crippen LogP contribution in [0.15, 0.2) is 0 Å². The lowest BCUT2D eigenvalue weighted by Crippen LogP contribution is -2.27. The van der Waals surface area contributed by atoms with Gasteiger partial charge < -0.3 is 14.6 Å². The second-order valence-electron chi connectivity index (χ2n) is 4.30. The molecule has 0 aromatic heterocycles. The van der Waals surface area contributed by atoms with Crippen LogP contribution in [-0.2, 0) is 14.3 Å². The Morgan fingerprint density at radius 3 is 2.50 bits per heavy atom. The van der Waals surface area contributed by atoms with Crippen LogP contribution in [0.4, 0.5) is 0 Å². The molecule has 1 aliphatic carbocycles. The topological polar surface area (TPSA) is 55.8 Å². The highest BCUT2D eigenvalue weighted by molar-refractivity contribution is 5.72. The van der Waals surface area contributed by atoms with E-state index in [0.29, 0.717) is 12.7 Å². The van der Waals surface area contributed by atoms with Gasteiger partial charge in [-0.15, -0.1) is 0 Å². The van der Waals surface area contributed by atoms with E-state index < -0.39 is 0 Å². The highest BCUT2D eigenvalue weighted by atomic mass is 16.5. The van der Waals surface area contributed by atoms with Gasteiger partial charge in [-0.1, -0.05) is 0 Å². The van der Waals surface area contributed by atoms with E-state index in [0.717, 1.165) is 38.5 Å². The highest BCUT2D eigenvalue weighted by Gasteiger charge is 2.26. The first-order chi connectivity index (χ1) is 7.77. The Kier molecular flexibility index (Phi) is 6.42. The Balaban J connectivity index is 2.10. The van der Waals surface area contributed by atoms with Crippen molar-refractivity contribution in [1.82, 2.24) is 0 Å². The second kappa shape index (κ2) is 7.63. The fourth-order valence-electron chi connectivity index (χ4n) is 2.10. The zero-order valence-electron chi connectivity index (χ0n) is 9.98. The van der Waals surface area contributed by atoms with Crippen molar-refractivity contribution in [3.63, 3.8) is 0 Å². The third-order valence-corrected chi connectivity index (χ3v) is 3.11. The third-order valence-electron chi connectivity index (χ3n) is 3.11. The summed E-state index contributed by atoms with van der Waals surface area (Å²) in [6, 6.07) is 0. The molecule has 0 aromatic rings. The lowest BCUT2D eigenvalue weighted by Gasteiger charge is -2.26. The van der Waals surface area contributed by atoms with E-state index in [1.54, 1.807) is 0 Å². The molecule has 0 atom stereocenters. The first kappa shape index (κ1) is 13.5. The van der Waals surface area contributed by atoms with E-state index >= 15 is 0 Å². The minimum absolute atomic E-state index is 0.0716. The molecule has 4 nitrogen and oxygen atoms in total. The minimum atomic E-state index is -0.0845. The van der Waals surface area contributed by atoms with Crippen LogP contribution in [-0.4, -0.2) is 37.5 Å². The summed E-state index contributed by atoms with van der Waals surface area (Å²) in [5, 5.41) is 8.62. The molecular weight excluding hydrogens is 208 g/mol. The molecule has 0 saturated heterocycles. The molecule has 0 spiro atoms. The van der Waals surface area contributed by atoms with Gasteiger partial charge in [0, 0.05) is 13.2 Å². The van der Waals surface area contributed by atoms with Gasteiger partial charge in [0.15, 0.2) is 0 Å². The van der Waals surface area contributed by atoms with E-state index in [1.165, 1.54) is 7.11 Å². The molecule has 1 fully saturated rings. The van der Waals surface area contributed by atoms with Gasteiger partial charge in [-0.25, -0.2) is 0 Å². The Morgan fingerprint density at radius 1 is 1.25 bits per heavy atom. The van der Waals surface area contributed by atoms with Gasteiger partial charge in [0.05, 0.1) is 19.1 Å². The number of rotatable bonds is 6. The van der Waals surface area contributed by atoms with E-state index in [4.69, 9.17) is 14.6 Å². The van der Waals surface area contributed by atoms with Crippen molar-refractivity contribution in [2.75, 3.05) is 20.3 Å². The largest absolute Gasteiger partial charge is 0.469 e. The SMILES string of the molecule is COC(=O)C1CCC(OCCCCO)CC1. The molecule has 1 saturated carbocycles. The molecule has 0 amide bonds. The molecule has 0 unspecified atom stereocenters. The highest BCUT2D eigenvalue weighted by Crippen LogP contribution is 2.27. The van der Waals surface area contributed by atoms with Gasteiger partial charge in [0.2, 0.25) is 0 Å². The maximum absolute atomic E-state index is 11.3. The Morgan fingerprint density at radius 2 is 1.94 bits per heavy atom. The molecule has 0 radical (unpaired) electrons. The molecular formula is C12H22O4. The first-order valence-electron chi connectivity index (χ1n) is 6.08. The predicted molar refractivity (Wildman–Crippen MR) is 60.0 cm³/mol. The van der Waals surface area contributed by atoms with Gasteiger partial charge in [-0.3, -0.25) is 4.79 Å². The number of aliphatic hydroxyl groups excluding tert-OH is 1. The lowest BCUT2D eigenvalue weighted by molar-refractivity contribution is -0.147. The molecule has 0 aromatic carbocycles. The number of methoxy groups -OCH3 is 1. The van der Waals surface area contributed by atoms with Gasteiger partial charge in [0.1, 0.15) is 0 Å².